The lowest BCUT2D eigenvalue weighted by Gasteiger charge is -2.26. The van der Waals surface area contributed by atoms with Crippen molar-refractivity contribution < 1.29 is 9.90 Å². The van der Waals surface area contributed by atoms with Gasteiger partial charge in [0.1, 0.15) is 0 Å². The van der Waals surface area contributed by atoms with E-state index in [4.69, 9.17) is 0 Å². The van der Waals surface area contributed by atoms with Crippen LogP contribution in [0.1, 0.15) is 47.1 Å². The normalized spacial score (nSPS) is 13.3. The molecule has 0 aliphatic rings. The Balaban J connectivity index is 2.01. The van der Waals surface area contributed by atoms with Crippen molar-refractivity contribution in [2.45, 2.75) is 53.2 Å². The molecule has 1 heterocycles. The summed E-state index contributed by atoms with van der Waals surface area (Å²) in [7, 11) is 0. The summed E-state index contributed by atoms with van der Waals surface area (Å²) < 4.78 is 1.93. The Kier molecular flexibility index (Phi) is 5.49. The molecule has 0 aliphatic heterocycles. The molecule has 0 saturated heterocycles. The molecule has 6 heteroatoms. The van der Waals surface area contributed by atoms with Gasteiger partial charge in [-0.15, -0.1) is 0 Å². The number of nitrogens with zero attached hydrogens (tertiary/aromatic N) is 2. The Bertz CT molecular complexity index is 704. The van der Waals surface area contributed by atoms with Gasteiger partial charge in [-0.3, -0.25) is 4.68 Å². The molecule has 0 aliphatic carbocycles. The number of aliphatic hydroxyl groups excluding tert-OH is 1. The molecule has 2 aromatic rings. The van der Waals surface area contributed by atoms with Gasteiger partial charge in [0.2, 0.25) is 0 Å². The number of anilines is 1. The summed E-state index contributed by atoms with van der Waals surface area (Å²) in [5, 5.41) is 20.7. The van der Waals surface area contributed by atoms with E-state index < -0.39 is 0 Å². The van der Waals surface area contributed by atoms with E-state index in [-0.39, 0.29) is 23.6 Å². The van der Waals surface area contributed by atoms with Crippen LogP contribution in [0.15, 0.2) is 24.4 Å². The number of hydrogen-bond donors (Lipinski definition) is 3. The molecule has 1 atom stereocenters. The fourth-order valence-electron chi connectivity index (χ4n) is 2.89. The van der Waals surface area contributed by atoms with E-state index in [9.17, 15) is 9.90 Å². The third-order valence-corrected chi connectivity index (χ3v) is 3.92. The van der Waals surface area contributed by atoms with Gasteiger partial charge < -0.3 is 15.7 Å². The van der Waals surface area contributed by atoms with Crippen molar-refractivity contribution in [1.29, 1.82) is 0 Å². The zero-order valence-electron chi connectivity index (χ0n) is 15.1. The van der Waals surface area contributed by atoms with Crippen LogP contribution in [-0.2, 0) is 0 Å². The van der Waals surface area contributed by atoms with E-state index in [2.05, 4.69) is 29.6 Å². The molecule has 2 rings (SSSR count). The number of amides is 2. The van der Waals surface area contributed by atoms with Crippen LogP contribution < -0.4 is 10.6 Å². The molecule has 0 saturated carbocycles. The van der Waals surface area contributed by atoms with Crippen molar-refractivity contribution in [3.63, 3.8) is 0 Å². The fraction of sp³-hybridized carbons (Fsp3) is 0.556. The lowest BCUT2D eigenvalue weighted by Crippen LogP contribution is -2.38. The predicted octanol–water partition coefficient (Wildman–Crippen LogP) is 3.54. The first-order valence-electron chi connectivity index (χ1n) is 8.38. The number of aromatic nitrogens is 2. The van der Waals surface area contributed by atoms with Gasteiger partial charge in [-0.25, -0.2) is 4.79 Å². The van der Waals surface area contributed by atoms with Crippen LogP contribution in [0.3, 0.4) is 0 Å². The molecule has 0 bridgehead atoms. The van der Waals surface area contributed by atoms with Crippen molar-refractivity contribution in [2.75, 3.05) is 11.9 Å². The average Bonchev–Trinajstić information content (AvgIpc) is 2.87. The summed E-state index contributed by atoms with van der Waals surface area (Å²) in [4.78, 5) is 12.1. The minimum atomic E-state index is -0.386. The van der Waals surface area contributed by atoms with Crippen molar-refractivity contribution >= 4 is 22.6 Å². The maximum absolute atomic E-state index is 12.1. The Hall–Kier alpha value is -2.08. The summed E-state index contributed by atoms with van der Waals surface area (Å²) in [6.45, 7) is 10.4. The Morgan fingerprint density at radius 3 is 2.67 bits per heavy atom. The highest BCUT2D eigenvalue weighted by Gasteiger charge is 2.21. The predicted molar refractivity (Wildman–Crippen MR) is 97.2 cm³/mol. The van der Waals surface area contributed by atoms with E-state index in [1.807, 2.05) is 42.9 Å². The molecule has 2 amide bonds. The Morgan fingerprint density at radius 2 is 2.04 bits per heavy atom. The Labute approximate surface area is 143 Å². The number of hydrogen-bond acceptors (Lipinski definition) is 3. The second-order valence-electron chi connectivity index (χ2n) is 7.48. The smallest absolute Gasteiger partial charge is 0.319 e. The number of carbonyl (C=O) groups excluding carboxylic acids is 1. The molecule has 6 nitrogen and oxygen atoms in total. The monoisotopic (exact) mass is 332 g/mol. The highest BCUT2D eigenvalue weighted by atomic mass is 16.3. The van der Waals surface area contributed by atoms with Crippen molar-refractivity contribution in [1.82, 2.24) is 15.1 Å². The fourth-order valence-corrected chi connectivity index (χ4v) is 2.89. The number of rotatable bonds is 6. The number of nitrogens with one attached hydrogen (secondary N) is 2. The van der Waals surface area contributed by atoms with Gasteiger partial charge in [-0.05, 0) is 50.8 Å². The number of urea groups is 1. The van der Waals surface area contributed by atoms with Gasteiger partial charge in [0, 0.05) is 23.7 Å². The second kappa shape index (κ2) is 7.21. The first-order valence-corrected chi connectivity index (χ1v) is 8.38. The first kappa shape index (κ1) is 18.3. The molecule has 24 heavy (non-hydrogen) atoms. The summed E-state index contributed by atoms with van der Waals surface area (Å²) in [5.41, 5.74) is 1.57. The summed E-state index contributed by atoms with van der Waals surface area (Å²) >= 11 is 0. The van der Waals surface area contributed by atoms with Gasteiger partial charge >= 0.3 is 6.03 Å². The van der Waals surface area contributed by atoms with Gasteiger partial charge in [0.05, 0.1) is 17.8 Å². The van der Waals surface area contributed by atoms with Gasteiger partial charge in [0.15, 0.2) is 0 Å². The zero-order chi connectivity index (χ0) is 17.9. The third kappa shape index (κ3) is 4.71. The van der Waals surface area contributed by atoms with Crippen LogP contribution >= 0.6 is 0 Å². The quantitative estimate of drug-likeness (QED) is 0.757. The van der Waals surface area contributed by atoms with Crippen LogP contribution in [0, 0.1) is 5.41 Å². The van der Waals surface area contributed by atoms with Crippen LogP contribution in [-0.4, -0.2) is 33.6 Å². The average molecular weight is 332 g/mol. The van der Waals surface area contributed by atoms with Crippen molar-refractivity contribution in [3.8, 4) is 0 Å². The molecule has 1 aromatic carbocycles. The molecule has 0 unspecified atom stereocenters. The third-order valence-electron chi connectivity index (χ3n) is 3.92. The largest absolute Gasteiger partial charge is 0.393 e. The molecule has 1 aromatic heterocycles. The molecule has 0 fully saturated rings. The maximum atomic E-state index is 12.1. The minimum absolute atomic E-state index is 0.161. The van der Waals surface area contributed by atoms with Crippen LogP contribution in [0.2, 0.25) is 0 Å². The first-order chi connectivity index (χ1) is 11.2. The lowest BCUT2D eigenvalue weighted by atomic mass is 9.87. The molecule has 132 valence electrons. The number of carbonyl (C=O) groups is 1. The van der Waals surface area contributed by atoms with Crippen LogP contribution in [0.4, 0.5) is 10.5 Å². The number of benzene rings is 1. The maximum Gasteiger partial charge on any atom is 0.319 e. The second-order valence-corrected chi connectivity index (χ2v) is 7.48. The summed E-state index contributed by atoms with van der Waals surface area (Å²) in [6, 6.07) is 5.77. The zero-order valence-corrected chi connectivity index (χ0v) is 15.1. The van der Waals surface area contributed by atoms with Gasteiger partial charge in [0.25, 0.3) is 0 Å². The molecular formula is C18H28N4O2. The topological polar surface area (TPSA) is 79.2 Å². The van der Waals surface area contributed by atoms with E-state index in [0.717, 1.165) is 16.6 Å². The highest BCUT2D eigenvalue weighted by molar-refractivity contribution is 5.92. The van der Waals surface area contributed by atoms with E-state index in [0.29, 0.717) is 13.0 Å². The van der Waals surface area contributed by atoms with Crippen LogP contribution in [0.25, 0.3) is 10.9 Å². The molecule has 0 radical (unpaired) electrons. The van der Waals surface area contributed by atoms with E-state index in [1.165, 1.54) is 0 Å². The highest BCUT2D eigenvalue weighted by Crippen LogP contribution is 2.23. The number of aliphatic hydroxyl groups is 1. The minimum Gasteiger partial charge on any atom is -0.393 e. The van der Waals surface area contributed by atoms with Gasteiger partial charge in [-0.1, -0.05) is 13.8 Å². The van der Waals surface area contributed by atoms with Gasteiger partial charge in [-0.2, -0.15) is 5.10 Å². The van der Waals surface area contributed by atoms with Crippen LogP contribution in [0.5, 0.6) is 0 Å². The molecule has 3 N–H and O–H groups in total. The van der Waals surface area contributed by atoms with E-state index in [1.54, 1.807) is 6.92 Å². The summed E-state index contributed by atoms with van der Waals surface area (Å²) in [5.74, 6) is 0. The molecule has 0 spiro atoms. The van der Waals surface area contributed by atoms with Crippen molar-refractivity contribution in [2.24, 2.45) is 5.41 Å². The SMILES string of the molecule is CC(C)n1ncc2ccc(NC(=O)NCC(C)(C)C[C@@H](C)O)cc21. The summed E-state index contributed by atoms with van der Waals surface area (Å²) in [6.07, 6.45) is 2.08. The molecular weight excluding hydrogens is 304 g/mol. The number of fused-ring (bicyclic) bond motifs is 1. The Morgan fingerprint density at radius 1 is 1.33 bits per heavy atom. The van der Waals surface area contributed by atoms with Crippen molar-refractivity contribution in [3.05, 3.63) is 24.4 Å². The van der Waals surface area contributed by atoms with E-state index >= 15 is 0 Å². The standard InChI is InChI=1S/C18H28N4O2/c1-12(2)22-16-8-15(7-6-14(16)10-20-22)21-17(24)19-11-18(4,5)9-13(3)23/h6-8,10,12-13,23H,9,11H2,1-5H3,(H2,19,21,24)/t13-/m1/s1. The lowest BCUT2D eigenvalue weighted by molar-refractivity contribution is 0.129.